The number of nitrogens with zero attached hydrogens (tertiary/aromatic N) is 2. The summed E-state index contributed by atoms with van der Waals surface area (Å²) in [5.41, 5.74) is -0.584. The maximum Gasteiger partial charge on any atom is 0.278 e. The number of amides is 1. The van der Waals surface area contributed by atoms with E-state index in [2.05, 4.69) is 20.5 Å². The summed E-state index contributed by atoms with van der Waals surface area (Å²) in [5, 5.41) is 10.9. The third-order valence-corrected chi connectivity index (χ3v) is 4.61. The van der Waals surface area contributed by atoms with Gasteiger partial charge in [-0.2, -0.15) is 5.10 Å². The van der Waals surface area contributed by atoms with E-state index in [-0.39, 0.29) is 22.1 Å². The van der Waals surface area contributed by atoms with Crippen LogP contribution in [0.15, 0.2) is 52.6 Å². The number of carbonyl (C=O) groups is 1. The number of thiazole rings is 1. The van der Waals surface area contributed by atoms with E-state index < -0.39 is 23.1 Å². The van der Waals surface area contributed by atoms with Gasteiger partial charge in [0.2, 0.25) is 0 Å². The van der Waals surface area contributed by atoms with Crippen molar-refractivity contribution in [3.05, 3.63) is 75.5 Å². The molecule has 0 saturated carbocycles. The number of anilines is 1. The Morgan fingerprint density at radius 3 is 2.48 bits per heavy atom. The van der Waals surface area contributed by atoms with Gasteiger partial charge in [-0.05, 0) is 18.2 Å². The molecule has 0 spiro atoms. The number of hydrogen-bond donors (Lipinski definition) is 2. The standard InChI is InChI=1S/C18H10F2N4O2S/c19-11-6-3-7-12(20)14(11)13-8-27-18(21-13)22-17(26)15-9-4-1-2-5-10(9)16(25)24-23-15/h1-8H,(H,24,25)(H,21,22,26). The first-order chi connectivity index (χ1) is 13.0. The maximum atomic E-state index is 13.9. The van der Waals surface area contributed by atoms with E-state index >= 15 is 0 Å². The van der Waals surface area contributed by atoms with Crippen molar-refractivity contribution in [2.24, 2.45) is 0 Å². The summed E-state index contributed by atoms with van der Waals surface area (Å²) in [7, 11) is 0. The Kier molecular flexibility index (Phi) is 4.21. The maximum absolute atomic E-state index is 13.9. The highest BCUT2D eigenvalue weighted by molar-refractivity contribution is 7.14. The third-order valence-electron chi connectivity index (χ3n) is 3.85. The van der Waals surface area contributed by atoms with Gasteiger partial charge in [0.25, 0.3) is 11.5 Å². The molecule has 0 aliphatic rings. The van der Waals surface area contributed by atoms with Crippen LogP contribution in [0.1, 0.15) is 10.5 Å². The van der Waals surface area contributed by atoms with E-state index in [9.17, 15) is 18.4 Å². The number of rotatable bonds is 3. The molecule has 4 rings (SSSR count). The molecular weight excluding hydrogens is 374 g/mol. The molecule has 0 fully saturated rings. The molecule has 9 heteroatoms. The highest BCUT2D eigenvalue weighted by atomic mass is 32.1. The largest absolute Gasteiger partial charge is 0.296 e. The molecule has 4 aromatic rings. The first kappa shape index (κ1) is 17.0. The Morgan fingerprint density at radius 2 is 1.74 bits per heavy atom. The van der Waals surface area contributed by atoms with Crippen LogP contribution in [0.4, 0.5) is 13.9 Å². The van der Waals surface area contributed by atoms with Crippen LogP contribution in [0.5, 0.6) is 0 Å². The minimum Gasteiger partial charge on any atom is -0.296 e. The number of H-pyrrole nitrogens is 1. The summed E-state index contributed by atoms with van der Waals surface area (Å²) in [6.45, 7) is 0. The van der Waals surface area contributed by atoms with Crippen LogP contribution in [0, 0.1) is 11.6 Å². The number of aromatic nitrogens is 3. The second-order valence-corrected chi connectivity index (χ2v) is 6.39. The summed E-state index contributed by atoms with van der Waals surface area (Å²) >= 11 is 1.02. The highest BCUT2D eigenvalue weighted by Crippen LogP contribution is 2.29. The predicted molar refractivity (Wildman–Crippen MR) is 97.8 cm³/mol. The lowest BCUT2D eigenvalue weighted by Crippen LogP contribution is -2.19. The van der Waals surface area contributed by atoms with Gasteiger partial charge in [0.1, 0.15) is 11.6 Å². The fourth-order valence-electron chi connectivity index (χ4n) is 2.63. The lowest BCUT2D eigenvalue weighted by Gasteiger charge is -2.04. The molecule has 2 N–H and O–H groups in total. The molecule has 1 amide bonds. The van der Waals surface area contributed by atoms with Gasteiger partial charge >= 0.3 is 0 Å². The second kappa shape index (κ2) is 6.69. The fraction of sp³-hybridized carbons (Fsp3) is 0. The zero-order chi connectivity index (χ0) is 19.0. The topological polar surface area (TPSA) is 87.7 Å². The van der Waals surface area contributed by atoms with Crippen LogP contribution >= 0.6 is 11.3 Å². The highest BCUT2D eigenvalue weighted by Gasteiger charge is 2.18. The molecule has 2 heterocycles. The summed E-state index contributed by atoms with van der Waals surface area (Å²) < 4.78 is 27.8. The second-order valence-electron chi connectivity index (χ2n) is 5.54. The molecule has 0 radical (unpaired) electrons. The van der Waals surface area contributed by atoms with Crippen molar-refractivity contribution >= 4 is 33.1 Å². The molecule has 6 nitrogen and oxygen atoms in total. The number of nitrogens with one attached hydrogen (secondary N) is 2. The Bertz CT molecular complexity index is 1220. The molecule has 0 saturated heterocycles. The Morgan fingerprint density at radius 1 is 1.04 bits per heavy atom. The minimum absolute atomic E-state index is 0.0130. The number of hydrogen-bond acceptors (Lipinski definition) is 5. The SMILES string of the molecule is O=C(Nc1nc(-c2c(F)cccc2F)cs1)c1n[nH]c(=O)c2ccccc12. The van der Waals surface area contributed by atoms with E-state index in [0.717, 1.165) is 23.5 Å². The number of halogens is 2. The summed E-state index contributed by atoms with van der Waals surface area (Å²) in [5.74, 6) is -2.09. The summed E-state index contributed by atoms with van der Waals surface area (Å²) in [6, 6.07) is 10.1. The van der Waals surface area contributed by atoms with Crippen LogP contribution in [0.2, 0.25) is 0 Å². The lowest BCUT2D eigenvalue weighted by atomic mass is 10.1. The van der Waals surface area contributed by atoms with Gasteiger partial charge in [0.05, 0.1) is 16.6 Å². The number of fused-ring (bicyclic) bond motifs is 1. The number of benzene rings is 2. The molecule has 0 bridgehead atoms. The Hall–Kier alpha value is -3.46. The predicted octanol–water partition coefficient (Wildman–Crippen LogP) is 3.58. The molecular formula is C18H10F2N4O2S. The molecule has 0 aliphatic heterocycles. The molecule has 0 aliphatic carbocycles. The van der Waals surface area contributed by atoms with E-state index in [1.165, 1.54) is 11.4 Å². The fourth-order valence-corrected chi connectivity index (χ4v) is 3.33. The van der Waals surface area contributed by atoms with E-state index in [1.54, 1.807) is 24.3 Å². The van der Waals surface area contributed by atoms with Crippen molar-refractivity contribution in [3.63, 3.8) is 0 Å². The van der Waals surface area contributed by atoms with Crippen molar-refractivity contribution in [2.75, 3.05) is 5.32 Å². The zero-order valence-electron chi connectivity index (χ0n) is 13.5. The monoisotopic (exact) mass is 384 g/mol. The Labute approximate surface area is 154 Å². The van der Waals surface area contributed by atoms with Gasteiger partial charge in [0.15, 0.2) is 10.8 Å². The average Bonchev–Trinajstić information content (AvgIpc) is 3.10. The van der Waals surface area contributed by atoms with Crippen LogP contribution in [-0.2, 0) is 0 Å². The van der Waals surface area contributed by atoms with Gasteiger partial charge < -0.3 is 0 Å². The molecule has 2 aromatic carbocycles. The summed E-state index contributed by atoms with van der Waals surface area (Å²) in [6.07, 6.45) is 0. The van der Waals surface area contributed by atoms with Gasteiger partial charge in [-0.3, -0.25) is 14.9 Å². The van der Waals surface area contributed by atoms with Gasteiger partial charge in [-0.25, -0.2) is 18.9 Å². The van der Waals surface area contributed by atoms with Crippen molar-refractivity contribution < 1.29 is 13.6 Å². The number of carbonyl (C=O) groups excluding carboxylic acids is 1. The molecule has 134 valence electrons. The van der Waals surface area contributed by atoms with Crippen molar-refractivity contribution in [1.82, 2.24) is 15.2 Å². The lowest BCUT2D eigenvalue weighted by molar-refractivity contribution is 0.102. The molecule has 2 aromatic heterocycles. The van der Waals surface area contributed by atoms with E-state index in [0.29, 0.717) is 10.8 Å². The van der Waals surface area contributed by atoms with Crippen LogP contribution in [-0.4, -0.2) is 21.1 Å². The molecule has 0 unspecified atom stereocenters. The van der Waals surface area contributed by atoms with Gasteiger partial charge in [-0.1, -0.05) is 24.3 Å². The molecule has 27 heavy (non-hydrogen) atoms. The van der Waals surface area contributed by atoms with E-state index in [1.807, 2.05) is 0 Å². The molecule has 0 atom stereocenters. The van der Waals surface area contributed by atoms with Crippen molar-refractivity contribution in [2.45, 2.75) is 0 Å². The summed E-state index contributed by atoms with van der Waals surface area (Å²) in [4.78, 5) is 28.4. The first-order valence-corrected chi connectivity index (χ1v) is 8.61. The number of aromatic amines is 1. The Balaban J connectivity index is 1.67. The third kappa shape index (κ3) is 3.08. The zero-order valence-corrected chi connectivity index (χ0v) is 14.3. The van der Waals surface area contributed by atoms with Gasteiger partial charge in [0, 0.05) is 10.8 Å². The van der Waals surface area contributed by atoms with Crippen molar-refractivity contribution in [3.8, 4) is 11.3 Å². The smallest absolute Gasteiger partial charge is 0.278 e. The van der Waals surface area contributed by atoms with Crippen molar-refractivity contribution in [1.29, 1.82) is 0 Å². The van der Waals surface area contributed by atoms with Crippen LogP contribution < -0.4 is 10.9 Å². The van der Waals surface area contributed by atoms with Crippen LogP contribution in [0.25, 0.3) is 22.0 Å². The van der Waals surface area contributed by atoms with Crippen LogP contribution in [0.3, 0.4) is 0 Å². The quantitative estimate of drug-likeness (QED) is 0.565. The van der Waals surface area contributed by atoms with Gasteiger partial charge in [-0.15, -0.1) is 11.3 Å². The first-order valence-electron chi connectivity index (χ1n) is 7.73. The van der Waals surface area contributed by atoms with E-state index in [4.69, 9.17) is 0 Å². The minimum atomic E-state index is -0.744. The normalized spacial score (nSPS) is 10.9. The average molecular weight is 384 g/mol.